The first kappa shape index (κ1) is 16.9. The molecule has 0 fully saturated rings. The van der Waals surface area contributed by atoms with Crippen LogP contribution in [0.15, 0.2) is 12.2 Å². The van der Waals surface area contributed by atoms with E-state index >= 15 is 0 Å². The minimum Gasteiger partial charge on any atom is -0.462 e. The second-order valence-corrected chi connectivity index (χ2v) is 3.43. The van der Waals surface area contributed by atoms with E-state index in [2.05, 4.69) is 9.47 Å². The van der Waals surface area contributed by atoms with E-state index in [9.17, 15) is 23.1 Å². The molecule has 4 nitrogen and oxygen atoms in total. The molecule has 0 saturated heterocycles. The number of halogens is 3. The predicted octanol–water partition coefficient (Wildman–Crippen LogP) is 2.17. The Labute approximate surface area is 103 Å². The van der Waals surface area contributed by atoms with Crippen molar-refractivity contribution in [1.29, 1.82) is 0 Å². The lowest BCUT2D eigenvalue weighted by Crippen LogP contribution is -2.55. The fourth-order valence-corrected chi connectivity index (χ4v) is 1.01. The van der Waals surface area contributed by atoms with E-state index in [0.717, 1.165) is 6.42 Å². The average molecular weight is 270 g/mol. The molecule has 0 spiro atoms. The van der Waals surface area contributed by atoms with E-state index in [1.807, 2.05) is 6.92 Å². The van der Waals surface area contributed by atoms with E-state index in [1.54, 1.807) is 6.08 Å². The number of hydrogen-bond acceptors (Lipinski definition) is 4. The maximum atomic E-state index is 12.6. The third-order valence-electron chi connectivity index (χ3n) is 1.95. The number of esters is 1. The molecule has 1 N–H and O–H groups in total. The standard InChI is InChI=1S/C11H17F3O4/c1-3-5-6-7-8-18-10(16,11(12,13)14)9(15)17-4-2/h6-7,16H,3-5,8H2,1-2H3/b7-6+. The Kier molecular flexibility index (Phi) is 6.93. The lowest BCUT2D eigenvalue weighted by Gasteiger charge is -2.27. The zero-order valence-electron chi connectivity index (χ0n) is 10.3. The molecule has 0 aliphatic heterocycles. The van der Waals surface area contributed by atoms with Crippen molar-refractivity contribution >= 4 is 5.97 Å². The van der Waals surface area contributed by atoms with Gasteiger partial charge in [-0.25, -0.2) is 4.79 Å². The number of hydrogen-bond donors (Lipinski definition) is 1. The molecule has 0 rings (SSSR count). The number of unbranched alkanes of at least 4 members (excludes halogenated alkanes) is 1. The summed E-state index contributed by atoms with van der Waals surface area (Å²) in [7, 11) is 0. The van der Waals surface area contributed by atoms with Crippen LogP contribution < -0.4 is 0 Å². The van der Waals surface area contributed by atoms with Crippen molar-refractivity contribution < 1.29 is 32.5 Å². The summed E-state index contributed by atoms with van der Waals surface area (Å²) in [6.07, 6.45) is -0.843. The van der Waals surface area contributed by atoms with Gasteiger partial charge < -0.3 is 14.6 Å². The van der Waals surface area contributed by atoms with Gasteiger partial charge >= 0.3 is 17.9 Å². The fourth-order valence-electron chi connectivity index (χ4n) is 1.01. The van der Waals surface area contributed by atoms with Gasteiger partial charge in [0.1, 0.15) is 0 Å². The minimum atomic E-state index is -5.25. The molecule has 7 heteroatoms. The molecule has 0 bridgehead atoms. The summed E-state index contributed by atoms with van der Waals surface area (Å²) in [5, 5.41) is 9.25. The topological polar surface area (TPSA) is 55.8 Å². The van der Waals surface area contributed by atoms with Crippen molar-refractivity contribution in [3.63, 3.8) is 0 Å². The van der Waals surface area contributed by atoms with E-state index < -0.39 is 24.5 Å². The molecule has 0 aromatic rings. The molecule has 0 amide bonds. The van der Waals surface area contributed by atoms with Crippen LogP contribution in [0.2, 0.25) is 0 Å². The van der Waals surface area contributed by atoms with Crippen LogP contribution in [-0.2, 0) is 14.3 Å². The number of carbonyl (C=O) groups excluding carboxylic acids is 1. The minimum absolute atomic E-state index is 0.285. The van der Waals surface area contributed by atoms with Gasteiger partial charge in [0.15, 0.2) is 0 Å². The van der Waals surface area contributed by atoms with Crippen molar-refractivity contribution in [1.82, 2.24) is 0 Å². The number of aliphatic hydroxyl groups is 1. The van der Waals surface area contributed by atoms with Crippen LogP contribution in [0.1, 0.15) is 26.7 Å². The van der Waals surface area contributed by atoms with Crippen LogP contribution in [-0.4, -0.2) is 36.3 Å². The third-order valence-corrected chi connectivity index (χ3v) is 1.95. The van der Waals surface area contributed by atoms with Gasteiger partial charge in [-0.3, -0.25) is 0 Å². The van der Waals surface area contributed by atoms with E-state index in [0.29, 0.717) is 6.42 Å². The molecular formula is C11H17F3O4. The lowest BCUT2D eigenvalue weighted by molar-refractivity contribution is -0.350. The number of alkyl halides is 3. The van der Waals surface area contributed by atoms with Crippen LogP contribution in [0.5, 0.6) is 0 Å². The zero-order valence-corrected chi connectivity index (χ0v) is 10.3. The summed E-state index contributed by atoms with van der Waals surface area (Å²) in [6.45, 7) is 2.41. The Morgan fingerprint density at radius 1 is 1.28 bits per heavy atom. The van der Waals surface area contributed by atoms with Gasteiger partial charge in [0, 0.05) is 0 Å². The van der Waals surface area contributed by atoms with Gasteiger partial charge in [-0.1, -0.05) is 25.5 Å². The highest BCUT2D eigenvalue weighted by Crippen LogP contribution is 2.32. The number of ether oxygens (including phenoxy) is 2. The molecule has 1 unspecified atom stereocenters. The molecule has 1 atom stereocenters. The fraction of sp³-hybridized carbons (Fsp3) is 0.727. The van der Waals surface area contributed by atoms with E-state index in [4.69, 9.17) is 0 Å². The first-order valence-corrected chi connectivity index (χ1v) is 5.54. The zero-order chi connectivity index (χ0) is 14.2. The van der Waals surface area contributed by atoms with Crippen molar-refractivity contribution in [3.05, 3.63) is 12.2 Å². The summed E-state index contributed by atoms with van der Waals surface area (Å²) in [5.74, 6) is -5.78. The van der Waals surface area contributed by atoms with Crippen LogP contribution >= 0.6 is 0 Å². The van der Waals surface area contributed by atoms with Gasteiger partial charge in [-0.15, -0.1) is 0 Å². The van der Waals surface area contributed by atoms with Gasteiger partial charge in [-0.2, -0.15) is 13.2 Å². The van der Waals surface area contributed by atoms with Crippen LogP contribution in [0.25, 0.3) is 0 Å². The molecule has 0 aromatic heterocycles. The van der Waals surface area contributed by atoms with Crippen LogP contribution in [0.3, 0.4) is 0 Å². The van der Waals surface area contributed by atoms with Crippen molar-refractivity contribution in [2.45, 2.75) is 38.7 Å². The molecule has 0 aliphatic carbocycles. The Morgan fingerprint density at radius 3 is 2.33 bits per heavy atom. The maximum absolute atomic E-state index is 12.6. The SMILES string of the molecule is CCC/C=C/COC(O)(C(=O)OCC)C(F)(F)F. The van der Waals surface area contributed by atoms with Gasteiger partial charge in [0.2, 0.25) is 0 Å². The summed E-state index contributed by atoms with van der Waals surface area (Å²) in [4.78, 5) is 11.1. The third kappa shape index (κ3) is 4.66. The molecule has 0 heterocycles. The molecule has 0 aliphatic rings. The first-order valence-electron chi connectivity index (χ1n) is 5.54. The van der Waals surface area contributed by atoms with Gasteiger partial charge in [0.05, 0.1) is 13.2 Å². The summed E-state index contributed by atoms with van der Waals surface area (Å²) < 4.78 is 46.0. The Bertz CT molecular complexity index is 289. The Hall–Kier alpha value is -1.08. The Morgan fingerprint density at radius 2 is 1.89 bits per heavy atom. The number of allylic oxidation sites excluding steroid dienone is 1. The van der Waals surface area contributed by atoms with Gasteiger partial charge in [0.25, 0.3) is 0 Å². The summed E-state index contributed by atoms with van der Waals surface area (Å²) in [5.41, 5.74) is 0. The van der Waals surface area contributed by atoms with Crippen LogP contribution in [0.4, 0.5) is 13.2 Å². The monoisotopic (exact) mass is 270 g/mol. The van der Waals surface area contributed by atoms with Crippen molar-refractivity contribution in [3.8, 4) is 0 Å². The number of rotatable bonds is 7. The highest BCUT2D eigenvalue weighted by molar-refractivity contribution is 5.78. The van der Waals surface area contributed by atoms with E-state index in [1.165, 1.54) is 13.0 Å². The molecule has 0 aromatic carbocycles. The first-order chi connectivity index (χ1) is 8.29. The number of carbonyl (C=O) groups is 1. The van der Waals surface area contributed by atoms with Crippen LogP contribution in [0, 0.1) is 0 Å². The maximum Gasteiger partial charge on any atom is 0.455 e. The smallest absolute Gasteiger partial charge is 0.455 e. The molecule has 18 heavy (non-hydrogen) atoms. The normalized spacial score (nSPS) is 15.7. The van der Waals surface area contributed by atoms with Crippen molar-refractivity contribution in [2.24, 2.45) is 0 Å². The largest absolute Gasteiger partial charge is 0.462 e. The summed E-state index contributed by atoms with van der Waals surface area (Å²) >= 11 is 0. The van der Waals surface area contributed by atoms with E-state index in [-0.39, 0.29) is 6.61 Å². The Balaban J connectivity index is 4.64. The van der Waals surface area contributed by atoms with Crippen molar-refractivity contribution in [2.75, 3.05) is 13.2 Å². The molecular weight excluding hydrogens is 253 g/mol. The lowest BCUT2D eigenvalue weighted by atomic mass is 10.2. The second kappa shape index (κ2) is 7.38. The quantitative estimate of drug-likeness (QED) is 0.437. The summed E-state index contributed by atoms with van der Waals surface area (Å²) in [6, 6.07) is 0. The highest BCUT2D eigenvalue weighted by Gasteiger charge is 2.62. The highest BCUT2D eigenvalue weighted by atomic mass is 19.4. The molecule has 0 saturated carbocycles. The second-order valence-electron chi connectivity index (χ2n) is 3.43. The molecule has 106 valence electrons. The predicted molar refractivity (Wildman–Crippen MR) is 57.6 cm³/mol. The molecule has 0 radical (unpaired) electrons. The average Bonchev–Trinajstić information content (AvgIpc) is 2.27. The van der Waals surface area contributed by atoms with Gasteiger partial charge in [-0.05, 0) is 13.3 Å².